The van der Waals surface area contributed by atoms with Gasteiger partial charge in [-0.3, -0.25) is 14.9 Å². The van der Waals surface area contributed by atoms with Crippen LogP contribution in [0.4, 0.5) is 15.0 Å². The normalized spacial score (nSPS) is 13.2. The van der Waals surface area contributed by atoms with Crippen molar-refractivity contribution in [1.82, 2.24) is 30.2 Å². The Labute approximate surface area is 310 Å². The van der Waals surface area contributed by atoms with Gasteiger partial charge in [-0.2, -0.15) is 0 Å². The third-order valence-corrected chi connectivity index (χ3v) is 8.11. The molecular formula is C40H36FN9O4. The lowest BCUT2D eigenvalue weighted by atomic mass is 10.0. The summed E-state index contributed by atoms with van der Waals surface area (Å²) in [5.41, 5.74) is 4.35. The van der Waals surface area contributed by atoms with Crippen LogP contribution in [0.25, 0.3) is 10.9 Å². The number of amides is 1. The first-order valence-electron chi connectivity index (χ1n) is 16.9. The zero-order chi connectivity index (χ0) is 38.1. The van der Waals surface area contributed by atoms with Crippen LogP contribution in [0.2, 0.25) is 0 Å². The number of tetrazole rings is 1. The largest absolute Gasteiger partial charge is 0.482 e. The molecule has 0 unspecified atom stereocenters. The fourth-order valence-corrected chi connectivity index (χ4v) is 5.50. The molecule has 3 aromatic heterocycles. The van der Waals surface area contributed by atoms with Gasteiger partial charge in [-0.05, 0) is 60.7 Å². The van der Waals surface area contributed by atoms with E-state index in [2.05, 4.69) is 36.6 Å². The average molecular weight is 726 g/mol. The first-order chi connectivity index (χ1) is 26.1. The van der Waals surface area contributed by atoms with Crippen LogP contribution < -0.4 is 9.64 Å². The summed E-state index contributed by atoms with van der Waals surface area (Å²) < 4.78 is 21.7. The van der Waals surface area contributed by atoms with Crippen molar-refractivity contribution in [3.05, 3.63) is 137 Å². The Hall–Kier alpha value is -7.01. The number of nitrogens with zero attached hydrogens (tertiary/aromatic N) is 9. The minimum atomic E-state index is -1.13. The number of carboxylic acid groups (broad SMARTS) is 1. The molecule has 14 heteroatoms. The monoisotopic (exact) mass is 725 g/mol. The van der Waals surface area contributed by atoms with Gasteiger partial charge < -0.3 is 14.7 Å². The maximum Gasteiger partial charge on any atom is 0.413 e. The topological polar surface area (TPSA) is 153 Å². The summed E-state index contributed by atoms with van der Waals surface area (Å²) in [6.45, 7) is 4.45. The van der Waals surface area contributed by atoms with E-state index in [-0.39, 0.29) is 37.0 Å². The van der Waals surface area contributed by atoms with E-state index >= 15 is 0 Å². The number of anilines is 1. The van der Waals surface area contributed by atoms with E-state index < -0.39 is 11.7 Å². The van der Waals surface area contributed by atoms with Crippen LogP contribution in [0.5, 0.6) is 5.75 Å². The van der Waals surface area contributed by atoms with Crippen molar-refractivity contribution in [3.63, 3.8) is 0 Å². The fourth-order valence-electron chi connectivity index (χ4n) is 5.50. The maximum absolute atomic E-state index is 14.3. The van der Waals surface area contributed by atoms with Gasteiger partial charge in [-0.25, -0.2) is 18.9 Å². The summed E-state index contributed by atoms with van der Waals surface area (Å²) in [4.78, 5) is 31.6. The molecule has 7 rings (SSSR count). The molecule has 0 bridgehead atoms. The van der Waals surface area contributed by atoms with Gasteiger partial charge in [0.05, 0.1) is 23.5 Å². The molecule has 0 spiro atoms. The average Bonchev–Trinajstić information content (AvgIpc) is 3.54. The number of hydrogen-bond acceptors (Lipinski definition) is 10. The molecule has 1 amide bonds. The number of pyridine rings is 2. The molecular weight excluding hydrogens is 689 g/mol. The number of aryl methyl sites for hydroxylation is 1. The Morgan fingerprint density at radius 3 is 2.61 bits per heavy atom. The smallest absolute Gasteiger partial charge is 0.413 e. The molecule has 13 nitrogen and oxygen atoms in total. The third kappa shape index (κ3) is 8.71. The molecule has 4 heterocycles. The summed E-state index contributed by atoms with van der Waals surface area (Å²) in [5.74, 6) is 3.02. The molecule has 6 aromatic rings. The number of para-hydroxylation sites is 2. The molecule has 1 aliphatic heterocycles. The van der Waals surface area contributed by atoms with Crippen molar-refractivity contribution in [1.29, 1.82) is 0 Å². The number of fused-ring (bicyclic) bond motifs is 2. The van der Waals surface area contributed by atoms with Crippen LogP contribution in [-0.4, -0.2) is 71.5 Å². The summed E-state index contributed by atoms with van der Waals surface area (Å²) in [6.07, 6.45) is 6.18. The Bertz CT molecular complexity index is 2370. The zero-order valence-corrected chi connectivity index (χ0v) is 29.8. The predicted molar refractivity (Wildman–Crippen MR) is 202 cm³/mol. The lowest BCUT2D eigenvalue weighted by Crippen LogP contribution is -2.31. The number of oxime groups is 1. The molecule has 0 saturated heterocycles. The second-order valence-corrected chi connectivity index (χ2v) is 12.6. The lowest BCUT2D eigenvalue weighted by Gasteiger charge is -2.23. The molecule has 1 N–H and O–H groups in total. The second kappa shape index (κ2) is 16.6. The van der Waals surface area contributed by atoms with Crippen molar-refractivity contribution in [2.24, 2.45) is 17.2 Å². The Kier molecular flexibility index (Phi) is 11.3. The second-order valence-electron chi connectivity index (χ2n) is 12.6. The highest BCUT2D eigenvalue weighted by atomic mass is 19.1. The van der Waals surface area contributed by atoms with Crippen LogP contribution >= 0.6 is 0 Å². The molecule has 1 aliphatic rings. The number of ether oxygens (including phenoxy) is 1. The minimum absolute atomic E-state index is 0.0258. The number of rotatable bonds is 9. The third-order valence-electron chi connectivity index (χ3n) is 8.11. The van der Waals surface area contributed by atoms with Gasteiger partial charge in [0, 0.05) is 48.3 Å². The Balaban J connectivity index is 0.000000188. The number of benzene rings is 3. The molecule has 0 saturated carbocycles. The Morgan fingerprint density at radius 1 is 1.07 bits per heavy atom. The van der Waals surface area contributed by atoms with Crippen molar-refractivity contribution in [2.75, 3.05) is 18.0 Å². The number of hydrogen-bond donors (Lipinski definition) is 1. The van der Waals surface area contributed by atoms with Crippen LogP contribution in [0.15, 0.2) is 113 Å². The van der Waals surface area contributed by atoms with Gasteiger partial charge in [-0.1, -0.05) is 65.8 Å². The number of carbonyl (C=O) groups is 1. The van der Waals surface area contributed by atoms with Crippen molar-refractivity contribution < 1.29 is 23.9 Å². The van der Waals surface area contributed by atoms with Crippen LogP contribution in [0, 0.1) is 18.2 Å². The molecule has 3 aromatic carbocycles. The highest BCUT2D eigenvalue weighted by Gasteiger charge is 2.29. The van der Waals surface area contributed by atoms with Gasteiger partial charge in [-0.15, -0.1) is 17.4 Å². The Morgan fingerprint density at radius 2 is 1.85 bits per heavy atom. The molecule has 0 fully saturated rings. The molecule has 54 heavy (non-hydrogen) atoms. The summed E-state index contributed by atoms with van der Waals surface area (Å²) in [6, 6.07) is 29.3. The fraction of sp³-hybridized carbons (Fsp3) is 0.200. The van der Waals surface area contributed by atoms with Crippen LogP contribution in [0.1, 0.15) is 48.5 Å². The standard InChI is InChI=1S/C20H17FN2O.C20H19N7O3/c1-20(2)12-23-18(15-7-5-8-16(21)19(15)24-20)14-10-13-6-3-4-9-17(13)22-11-14;1-3-4-13-27(20(28)29)17-12-8-11-16(21-17)14-30-23-18(15-9-6-5-7-10-15)19-22-24-25-26(19)2/h3-11H,12H2,1-2H3;1,5-12H,4,13-14H2,2H3,(H,28,29)/b;23-18-. The van der Waals surface area contributed by atoms with E-state index in [0.717, 1.165) is 26.9 Å². The highest BCUT2D eigenvalue weighted by Crippen LogP contribution is 2.32. The lowest BCUT2D eigenvalue weighted by molar-refractivity contribution is 0.115. The summed E-state index contributed by atoms with van der Waals surface area (Å²) in [7, 11) is 1.70. The number of aliphatic imine (C=N–C) groups is 1. The maximum atomic E-state index is 14.3. The molecule has 272 valence electrons. The van der Waals surface area contributed by atoms with Gasteiger partial charge in [0.15, 0.2) is 23.9 Å². The summed E-state index contributed by atoms with van der Waals surface area (Å²) >= 11 is 0. The number of aromatic nitrogens is 6. The van der Waals surface area contributed by atoms with E-state index in [4.69, 9.17) is 21.0 Å². The van der Waals surface area contributed by atoms with Gasteiger partial charge >= 0.3 is 6.09 Å². The van der Waals surface area contributed by atoms with E-state index in [1.807, 2.05) is 80.6 Å². The first kappa shape index (κ1) is 36.8. The molecule has 0 atom stereocenters. The van der Waals surface area contributed by atoms with Gasteiger partial charge in [0.1, 0.15) is 11.4 Å². The van der Waals surface area contributed by atoms with E-state index in [0.29, 0.717) is 35.0 Å². The van der Waals surface area contributed by atoms with Gasteiger partial charge in [0.2, 0.25) is 5.82 Å². The van der Waals surface area contributed by atoms with E-state index in [1.165, 1.54) is 10.7 Å². The first-order valence-corrected chi connectivity index (χ1v) is 16.9. The minimum Gasteiger partial charge on any atom is -0.482 e. The molecule has 0 aliphatic carbocycles. The SMILES string of the molecule is C#CCCN(C(=O)O)c1cccc(CO/N=C(/c2ccccc2)c2nnnn2C)n1.CC1(C)CN=C(c2cnc3ccccc3c2)c2cccc(F)c2O1. The van der Waals surface area contributed by atoms with E-state index in [1.54, 1.807) is 37.5 Å². The number of halogens is 1. The predicted octanol–water partition coefficient (Wildman–Crippen LogP) is 6.46. The molecule has 0 radical (unpaired) electrons. The van der Waals surface area contributed by atoms with Crippen molar-refractivity contribution in [2.45, 2.75) is 32.5 Å². The van der Waals surface area contributed by atoms with Crippen LogP contribution in [-0.2, 0) is 18.5 Å². The number of terminal acetylenes is 1. The van der Waals surface area contributed by atoms with Crippen LogP contribution in [0.3, 0.4) is 0 Å². The van der Waals surface area contributed by atoms with Crippen molar-refractivity contribution >= 4 is 34.2 Å². The zero-order valence-electron chi connectivity index (χ0n) is 29.8. The van der Waals surface area contributed by atoms with E-state index in [9.17, 15) is 14.3 Å². The highest BCUT2D eigenvalue weighted by molar-refractivity contribution is 6.15. The quantitative estimate of drug-likeness (QED) is 0.100. The van der Waals surface area contributed by atoms with Gasteiger partial charge in [0.25, 0.3) is 0 Å². The summed E-state index contributed by atoms with van der Waals surface area (Å²) in [5, 5.41) is 26.1. The van der Waals surface area contributed by atoms with Crippen molar-refractivity contribution in [3.8, 4) is 18.1 Å².